The Hall–Kier alpha value is -2.02. The van der Waals surface area contributed by atoms with E-state index in [2.05, 4.69) is 22.9 Å². The number of rotatable bonds is 5. The molecular formula is C21H25N3O2S. The van der Waals surface area contributed by atoms with E-state index in [-0.39, 0.29) is 12.1 Å². The number of thioether (sulfide) groups is 1. The van der Waals surface area contributed by atoms with Gasteiger partial charge in [-0.25, -0.2) is 4.98 Å². The Balaban J connectivity index is 1.82. The minimum absolute atomic E-state index is 0.249. The van der Waals surface area contributed by atoms with Gasteiger partial charge in [-0.3, -0.25) is 0 Å². The molecule has 2 aromatic heterocycles. The van der Waals surface area contributed by atoms with Gasteiger partial charge in [-0.1, -0.05) is 30.3 Å². The summed E-state index contributed by atoms with van der Waals surface area (Å²) >= 11 is 1.74. The highest BCUT2D eigenvalue weighted by atomic mass is 32.2. The first-order valence-corrected chi connectivity index (χ1v) is 10.6. The Labute approximate surface area is 163 Å². The van der Waals surface area contributed by atoms with Crippen LogP contribution < -0.4 is 5.32 Å². The first-order chi connectivity index (χ1) is 13.1. The van der Waals surface area contributed by atoms with E-state index in [1.165, 1.54) is 0 Å². The standard InChI is InChI=1S/C21H25N3O2S/c1-13-14(2)24-10-9-16-18(21(24)22-13)23-17(15-7-5-4-6-8-15)19(25)20(16)26-11-12-27-3/h4-10,17,19-20,23,25H,11-12H2,1-3H3. The first-order valence-electron chi connectivity index (χ1n) is 9.20. The summed E-state index contributed by atoms with van der Waals surface area (Å²) in [6.07, 6.45) is 3.01. The zero-order valence-electron chi connectivity index (χ0n) is 15.8. The number of aliphatic hydroxyl groups excluding tert-OH is 1. The lowest BCUT2D eigenvalue weighted by atomic mass is 9.89. The van der Waals surface area contributed by atoms with Crippen molar-refractivity contribution in [1.82, 2.24) is 9.38 Å². The quantitative estimate of drug-likeness (QED) is 0.655. The number of anilines is 1. The van der Waals surface area contributed by atoms with E-state index in [1.54, 1.807) is 11.8 Å². The van der Waals surface area contributed by atoms with Gasteiger partial charge in [0, 0.05) is 23.2 Å². The molecule has 1 aliphatic rings. The summed E-state index contributed by atoms with van der Waals surface area (Å²) in [6.45, 7) is 4.69. The van der Waals surface area contributed by atoms with Crippen LogP contribution in [0.3, 0.4) is 0 Å². The van der Waals surface area contributed by atoms with E-state index < -0.39 is 6.10 Å². The van der Waals surface area contributed by atoms with Crippen molar-refractivity contribution < 1.29 is 9.84 Å². The van der Waals surface area contributed by atoms with Gasteiger partial charge >= 0.3 is 0 Å². The SMILES string of the molecule is CSCCOC1c2ccn3c(C)c(C)nc3c2NC(c2ccccc2)C1O. The molecule has 0 saturated heterocycles. The van der Waals surface area contributed by atoms with Gasteiger partial charge in [0.15, 0.2) is 5.65 Å². The smallest absolute Gasteiger partial charge is 0.161 e. The maximum Gasteiger partial charge on any atom is 0.161 e. The molecule has 5 nitrogen and oxygen atoms in total. The monoisotopic (exact) mass is 383 g/mol. The van der Waals surface area contributed by atoms with Crippen molar-refractivity contribution >= 4 is 23.1 Å². The van der Waals surface area contributed by atoms with Crippen LogP contribution in [0.5, 0.6) is 0 Å². The molecule has 3 atom stereocenters. The third-order valence-corrected chi connectivity index (χ3v) is 5.88. The lowest BCUT2D eigenvalue weighted by molar-refractivity contribution is -0.0452. The molecule has 27 heavy (non-hydrogen) atoms. The van der Waals surface area contributed by atoms with Gasteiger partial charge in [0.2, 0.25) is 0 Å². The van der Waals surface area contributed by atoms with Crippen LogP contribution in [0.2, 0.25) is 0 Å². The Bertz CT molecular complexity index is 941. The van der Waals surface area contributed by atoms with Crippen LogP contribution in [0.1, 0.15) is 34.7 Å². The van der Waals surface area contributed by atoms with Gasteiger partial charge in [-0.05, 0) is 31.7 Å². The van der Waals surface area contributed by atoms with Crippen LogP contribution in [0.25, 0.3) is 5.65 Å². The van der Waals surface area contributed by atoms with Crippen LogP contribution in [-0.4, -0.2) is 39.2 Å². The second-order valence-electron chi connectivity index (χ2n) is 6.93. The predicted molar refractivity (Wildman–Crippen MR) is 111 cm³/mol. The molecule has 1 aliphatic heterocycles. The maximum atomic E-state index is 11.1. The highest BCUT2D eigenvalue weighted by molar-refractivity contribution is 7.98. The number of nitrogens with one attached hydrogen (secondary N) is 1. The fraction of sp³-hybridized carbons (Fsp3) is 0.381. The zero-order chi connectivity index (χ0) is 19.0. The summed E-state index contributed by atoms with van der Waals surface area (Å²) in [7, 11) is 0. The third kappa shape index (κ3) is 3.22. The van der Waals surface area contributed by atoms with Gasteiger partial charge < -0.3 is 19.6 Å². The predicted octanol–water partition coefficient (Wildman–Crippen LogP) is 3.90. The fourth-order valence-electron chi connectivity index (χ4n) is 3.73. The van der Waals surface area contributed by atoms with Crippen molar-refractivity contribution in [2.75, 3.05) is 23.9 Å². The molecule has 2 N–H and O–H groups in total. The molecule has 0 aliphatic carbocycles. The molecule has 1 aromatic carbocycles. The third-order valence-electron chi connectivity index (χ3n) is 5.30. The molecule has 0 spiro atoms. The number of hydrogen-bond donors (Lipinski definition) is 2. The van der Waals surface area contributed by atoms with Crippen LogP contribution in [0, 0.1) is 13.8 Å². The minimum atomic E-state index is -0.679. The Morgan fingerprint density at radius 2 is 2.00 bits per heavy atom. The molecule has 142 valence electrons. The number of pyridine rings is 1. The number of ether oxygens (including phenoxy) is 1. The van der Waals surface area contributed by atoms with Crippen molar-refractivity contribution in [3.8, 4) is 0 Å². The van der Waals surface area contributed by atoms with E-state index in [4.69, 9.17) is 9.72 Å². The number of benzene rings is 1. The first kappa shape index (κ1) is 18.3. The number of imidazole rings is 1. The number of nitrogens with zero attached hydrogens (tertiary/aromatic N) is 2. The lowest BCUT2D eigenvalue weighted by Crippen LogP contribution is -2.38. The normalized spacial score (nSPS) is 21.9. The minimum Gasteiger partial charge on any atom is -0.388 e. The van der Waals surface area contributed by atoms with Gasteiger partial charge in [0.25, 0.3) is 0 Å². The molecule has 0 fully saturated rings. The number of hydrogen-bond acceptors (Lipinski definition) is 5. The Kier molecular flexibility index (Phi) is 5.12. The second-order valence-corrected chi connectivity index (χ2v) is 7.92. The summed E-state index contributed by atoms with van der Waals surface area (Å²) in [5, 5.41) is 14.7. The average Bonchev–Trinajstić information content (AvgIpc) is 2.98. The number of aryl methyl sites for hydroxylation is 2. The molecule has 0 saturated carbocycles. The van der Waals surface area contributed by atoms with Crippen LogP contribution in [-0.2, 0) is 4.74 Å². The molecule has 0 amide bonds. The van der Waals surface area contributed by atoms with Gasteiger partial charge in [-0.15, -0.1) is 0 Å². The van der Waals surface area contributed by atoms with Crippen molar-refractivity contribution in [2.45, 2.75) is 32.1 Å². The lowest BCUT2D eigenvalue weighted by Gasteiger charge is -2.38. The van der Waals surface area contributed by atoms with Crippen molar-refractivity contribution in [2.24, 2.45) is 0 Å². The van der Waals surface area contributed by atoms with Crippen molar-refractivity contribution in [1.29, 1.82) is 0 Å². The molecule has 0 radical (unpaired) electrons. The highest BCUT2D eigenvalue weighted by Crippen LogP contribution is 2.43. The van der Waals surface area contributed by atoms with Gasteiger partial charge in [-0.2, -0.15) is 11.8 Å². The zero-order valence-corrected chi connectivity index (χ0v) is 16.7. The maximum absolute atomic E-state index is 11.1. The van der Waals surface area contributed by atoms with Crippen LogP contribution >= 0.6 is 11.8 Å². The molecule has 6 heteroatoms. The van der Waals surface area contributed by atoms with Crippen LogP contribution in [0.15, 0.2) is 42.6 Å². The van der Waals surface area contributed by atoms with Crippen molar-refractivity contribution in [3.63, 3.8) is 0 Å². The largest absolute Gasteiger partial charge is 0.388 e. The molecule has 3 unspecified atom stereocenters. The molecule has 3 heterocycles. The number of aliphatic hydroxyl groups is 1. The summed E-state index contributed by atoms with van der Waals surface area (Å²) in [5.41, 5.74) is 5.96. The number of aromatic nitrogens is 2. The summed E-state index contributed by atoms with van der Waals surface area (Å²) in [6, 6.07) is 11.8. The van der Waals surface area contributed by atoms with Crippen LogP contribution in [0.4, 0.5) is 5.69 Å². The van der Waals surface area contributed by atoms with E-state index in [0.717, 1.165) is 39.6 Å². The number of fused-ring (bicyclic) bond motifs is 3. The van der Waals surface area contributed by atoms with Gasteiger partial charge in [0.1, 0.15) is 12.2 Å². The van der Waals surface area contributed by atoms with E-state index in [0.29, 0.717) is 6.61 Å². The van der Waals surface area contributed by atoms with E-state index in [1.807, 2.05) is 49.5 Å². The fourth-order valence-corrected chi connectivity index (χ4v) is 3.99. The van der Waals surface area contributed by atoms with Crippen molar-refractivity contribution in [3.05, 3.63) is 65.1 Å². The summed E-state index contributed by atoms with van der Waals surface area (Å²) in [5.74, 6) is 0.895. The molecule has 4 rings (SSSR count). The summed E-state index contributed by atoms with van der Waals surface area (Å²) in [4.78, 5) is 4.77. The Morgan fingerprint density at radius 3 is 2.74 bits per heavy atom. The molecule has 0 bridgehead atoms. The summed E-state index contributed by atoms with van der Waals surface area (Å²) < 4.78 is 8.25. The van der Waals surface area contributed by atoms with Gasteiger partial charge in [0.05, 0.1) is 24.0 Å². The molecule has 3 aromatic rings. The van der Waals surface area contributed by atoms with E-state index >= 15 is 0 Å². The second kappa shape index (κ2) is 7.54. The topological polar surface area (TPSA) is 58.8 Å². The average molecular weight is 384 g/mol. The highest BCUT2D eigenvalue weighted by Gasteiger charge is 2.38. The Morgan fingerprint density at radius 1 is 1.22 bits per heavy atom. The molecular weight excluding hydrogens is 358 g/mol. The van der Waals surface area contributed by atoms with E-state index in [9.17, 15) is 5.11 Å².